The second-order valence-electron chi connectivity index (χ2n) is 9.77. The van der Waals surface area contributed by atoms with Gasteiger partial charge in [0.2, 0.25) is 0 Å². The molecule has 0 unspecified atom stereocenters. The van der Waals surface area contributed by atoms with Crippen LogP contribution in [0.3, 0.4) is 0 Å². The number of benzene rings is 2. The zero-order valence-corrected chi connectivity index (χ0v) is 21.4. The van der Waals surface area contributed by atoms with Crippen molar-refractivity contribution in [3.8, 4) is 17.1 Å². The summed E-state index contributed by atoms with van der Waals surface area (Å²) >= 11 is 0. The van der Waals surface area contributed by atoms with Gasteiger partial charge >= 0.3 is 5.97 Å². The minimum Gasteiger partial charge on any atom is -0.489 e. The highest BCUT2D eigenvalue weighted by atomic mass is 16.6. The lowest BCUT2D eigenvalue weighted by Crippen LogP contribution is -2.44. The molecule has 0 saturated carbocycles. The molecule has 4 aromatic rings. The van der Waals surface area contributed by atoms with Gasteiger partial charge in [-0.15, -0.1) is 0 Å². The van der Waals surface area contributed by atoms with Gasteiger partial charge in [0.15, 0.2) is 5.60 Å². The highest BCUT2D eigenvalue weighted by Gasteiger charge is 2.45. The number of ether oxygens (including phenoxy) is 2. The number of non-ortho nitro benzene ring substituents is 1. The van der Waals surface area contributed by atoms with Crippen LogP contribution >= 0.6 is 0 Å². The van der Waals surface area contributed by atoms with Crippen molar-refractivity contribution in [3.63, 3.8) is 0 Å². The Hall–Kier alpha value is -4.57. The number of esters is 1. The number of carbonyl (C=O) groups excluding carboxylic acids is 1. The van der Waals surface area contributed by atoms with E-state index in [4.69, 9.17) is 14.5 Å². The minimum atomic E-state index is -1.87. The van der Waals surface area contributed by atoms with Crippen molar-refractivity contribution in [2.24, 2.45) is 0 Å². The summed E-state index contributed by atoms with van der Waals surface area (Å²) < 4.78 is 12.8. The molecule has 0 spiro atoms. The predicted octanol–water partition coefficient (Wildman–Crippen LogP) is 4.13. The van der Waals surface area contributed by atoms with E-state index in [0.717, 1.165) is 22.0 Å². The summed E-state index contributed by atoms with van der Waals surface area (Å²) in [6, 6.07) is 13.6. The number of fused-ring (bicyclic) bond motifs is 5. The largest absolute Gasteiger partial charge is 0.489 e. The highest BCUT2D eigenvalue weighted by Crippen LogP contribution is 2.40. The number of aromatic nitrogens is 2. The lowest BCUT2D eigenvalue weighted by Gasteiger charge is -2.31. The Morgan fingerprint density at radius 1 is 1.15 bits per heavy atom. The van der Waals surface area contributed by atoms with Crippen LogP contribution < -0.4 is 10.3 Å². The zero-order valence-electron chi connectivity index (χ0n) is 21.4. The van der Waals surface area contributed by atoms with Crippen LogP contribution in [0.4, 0.5) is 5.69 Å². The van der Waals surface area contributed by atoms with Crippen LogP contribution in [0.5, 0.6) is 5.75 Å². The van der Waals surface area contributed by atoms with E-state index in [1.165, 1.54) is 12.1 Å². The van der Waals surface area contributed by atoms with Gasteiger partial charge in [-0.2, -0.15) is 0 Å². The second-order valence-corrected chi connectivity index (χ2v) is 9.77. The first kappa shape index (κ1) is 24.7. The molecular formula is C29H25N3O7. The molecule has 2 aliphatic rings. The maximum atomic E-state index is 13.5. The summed E-state index contributed by atoms with van der Waals surface area (Å²) in [5.74, 6) is -0.157. The molecule has 0 saturated heterocycles. The minimum absolute atomic E-state index is 0.00689. The lowest BCUT2D eigenvalue weighted by molar-refractivity contribution is -0.384. The number of hydrogen-bond donors (Lipinski definition) is 1. The molecule has 10 nitrogen and oxygen atoms in total. The number of nitro benzene ring substituents is 1. The van der Waals surface area contributed by atoms with Crippen LogP contribution in [0.15, 0.2) is 53.3 Å². The van der Waals surface area contributed by atoms with Crippen molar-refractivity contribution in [2.75, 3.05) is 0 Å². The van der Waals surface area contributed by atoms with E-state index in [1.54, 1.807) is 35.8 Å². The number of pyridine rings is 2. The predicted molar refractivity (Wildman–Crippen MR) is 141 cm³/mol. The molecule has 39 heavy (non-hydrogen) atoms. The fourth-order valence-corrected chi connectivity index (χ4v) is 5.56. The van der Waals surface area contributed by atoms with Gasteiger partial charge in [0.25, 0.3) is 11.2 Å². The van der Waals surface area contributed by atoms with Crippen molar-refractivity contribution in [3.05, 3.63) is 96.8 Å². The summed E-state index contributed by atoms with van der Waals surface area (Å²) in [4.78, 5) is 41.4. The van der Waals surface area contributed by atoms with Gasteiger partial charge < -0.3 is 19.1 Å². The topological polar surface area (TPSA) is 134 Å². The van der Waals surface area contributed by atoms with Gasteiger partial charge in [-0.3, -0.25) is 14.9 Å². The first-order valence-corrected chi connectivity index (χ1v) is 12.7. The average Bonchev–Trinajstić information content (AvgIpc) is 3.31. The molecule has 10 heteroatoms. The Morgan fingerprint density at radius 3 is 2.72 bits per heavy atom. The molecule has 198 valence electrons. The maximum absolute atomic E-state index is 13.5. The van der Waals surface area contributed by atoms with Crippen LogP contribution in [-0.4, -0.2) is 25.6 Å². The number of nitro groups is 1. The van der Waals surface area contributed by atoms with Crippen molar-refractivity contribution >= 4 is 22.6 Å². The number of cyclic esters (lactones) is 1. The Bertz CT molecular complexity index is 1760. The smallest absolute Gasteiger partial charge is 0.343 e. The molecule has 0 radical (unpaired) electrons. The van der Waals surface area contributed by atoms with Crippen LogP contribution in [0.1, 0.15) is 48.1 Å². The molecule has 4 heterocycles. The van der Waals surface area contributed by atoms with Crippen LogP contribution in [0, 0.1) is 10.1 Å². The van der Waals surface area contributed by atoms with Crippen LogP contribution in [0.2, 0.25) is 0 Å². The number of carbonyl (C=O) groups is 1. The van der Waals surface area contributed by atoms with Gasteiger partial charge in [0, 0.05) is 28.6 Å². The standard InChI is InChI=1S/C29H25N3O7/c1-3-19-20-11-18(38-14-16-6-5-7-17(10-16)32(36)37)8-9-24(20)30-26-21(19)13-31-25(26)12-23-22(27(31)33)15-39-28(34)29(23,35)4-2/h5-12,35H,3-4,13-15H2,1-2H3/t29-/m0/s1. The van der Waals surface area contributed by atoms with E-state index in [1.807, 2.05) is 19.1 Å². The molecular weight excluding hydrogens is 502 g/mol. The number of aliphatic hydroxyl groups is 1. The van der Waals surface area contributed by atoms with E-state index in [0.29, 0.717) is 35.7 Å². The van der Waals surface area contributed by atoms with Crippen molar-refractivity contribution < 1.29 is 24.3 Å². The Labute approximate surface area is 222 Å². The number of aryl methyl sites for hydroxylation is 1. The molecule has 0 aliphatic carbocycles. The fraction of sp³-hybridized carbons (Fsp3) is 0.276. The number of rotatable bonds is 6. The number of nitrogens with zero attached hydrogens (tertiary/aromatic N) is 3. The average molecular weight is 528 g/mol. The molecule has 1 N–H and O–H groups in total. The van der Waals surface area contributed by atoms with Crippen molar-refractivity contribution in [1.29, 1.82) is 0 Å². The third-order valence-corrected chi connectivity index (χ3v) is 7.66. The van der Waals surface area contributed by atoms with Gasteiger partial charge in [-0.25, -0.2) is 9.78 Å². The van der Waals surface area contributed by atoms with Gasteiger partial charge in [0.1, 0.15) is 19.0 Å². The summed E-state index contributed by atoms with van der Waals surface area (Å²) in [5, 5.41) is 23.1. The van der Waals surface area contributed by atoms with Gasteiger partial charge in [-0.05, 0) is 48.2 Å². The van der Waals surface area contributed by atoms with E-state index in [9.17, 15) is 24.8 Å². The van der Waals surface area contributed by atoms with Crippen LogP contribution in [-0.2, 0) is 41.3 Å². The molecule has 2 aromatic carbocycles. The summed E-state index contributed by atoms with van der Waals surface area (Å²) in [5.41, 5.74) is 2.96. The van der Waals surface area contributed by atoms with Crippen molar-refractivity contribution in [1.82, 2.24) is 9.55 Å². The fourth-order valence-electron chi connectivity index (χ4n) is 5.56. The van der Waals surface area contributed by atoms with E-state index in [-0.39, 0.29) is 42.0 Å². The lowest BCUT2D eigenvalue weighted by atomic mass is 9.86. The molecule has 2 aromatic heterocycles. The molecule has 1 atom stereocenters. The third kappa shape index (κ3) is 3.78. The Kier molecular flexibility index (Phi) is 5.72. The molecule has 0 bridgehead atoms. The van der Waals surface area contributed by atoms with E-state index in [2.05, 4.69) is 0 Å². The Balaban J connectivity index is 1.41. The van der Waals surface area contributed by atoms with Crippen LogP contribution in [0.25, 0.3) is 22.3 Å². The monoisotopic (exact) mass is 527 g/mol. The quantitative estimate of drug-likeness (QED) is 0.198. The third-order valence-electron chi connectivity index (χ3n) is 7.66. The van der Waals surface area contributed by atoms with E-state index < -0.39 is 16.5 Å². The zero-order chi connectivity index (χ0) is 27.5. The Morgan fingerprint density at radius 2 is 1.97 bits per heavy atom. The highest BCUT2D eigenvalue weighted by molar-refractivity contribution is 5.90. The maximum Gasteiger partial charge on any atom is 0.343 e. The molecule has 2 aliphatic heterocycles. The summed E-state index contributed by atoms with van der Waals surface area (Å²) in [6.07, 6.45) is 0.762. The molecule has 6 rings (SSSR count). The SMILES string of the molecule is CCc1c2c(nc3ccc(OCc4cccc([N+](=O)[O-])c4)cc13)-c1cc3c(c(=O)n1C2)COC(=O)[C@]3(O)CC. The molecule has 0 fully saturated rings. The van der Waals surface area contributed by atoms with E-state index >= 15 is 0 Å². The normalized spacial score (nSPS) is 17.4. The first-order chi connectivity index (χ1) is 18.7. The number of hydrogen-bond acceptors (Lipinski definition) is 8. The van der Waals surface area contributed by atoms with Gasteiger partial charge in [0.05, 0.1) is 33.9 Å². The first-order valence-electron chi connectivity index (χ1n) is 12.7. The molecule has 0 amide bonds. The summed E-state index contributed by atoms with van der Waals surface area (Å²) in [6.45, 7) is 4.02. The summed E-state index contributed by atoms with van der Waals surface area (Å²) in [7, 11) is 0. The van der Waals surface area contributed by atoms with Gasteiger partial charge in [-0.1, -0.05) is 26.0 Å². The second kappa shape index (κ2) is 9.02. The van der Waals surface area contributed by atoms with Crippen molar-refractivity contribution in [2.45, 2.75) is 52.0 Å².